The van der Waals surface area contributed by atoms with E-state index in [0.29, 0.717) is 36.0 Å². The minimum atomic E-state index is -0.205. The first kappa shape index (κ1) is 18.6. The van der Waals surface area contributed by atoms with E-state index < -0.39 is 0 Å². The molecule has 146 valence electrons. The summed E-state index contributed by atoms with van der Waals surface area (Å²) in [6.45, 7) is 1.03. The van der Waals surface area contributed by atoms with E-state index >= 15 is 0 Å². The van der Waals surface area contributed by atoms with Crippen LogP contribution in [0.5, 0.6) is 17.2 Å². The largest absolute Gasteiger partial charge is 0.497 e. The highest BCUT2D eigenvalue weighted by molar-refractivity contribution is 6.29. The Morgan fingerprint density at radius 1 is 0.931 bits per heavy atom. The first-order valence-electron chi connectivity index (χ1n) is 9.35. The van der Waals surface area contributed by atoms with Crippen LogP contribution in [0.1, 0.15) is 11.1 Å². The number of anilines is 1. The van der Waals surface area contributed by atoms with Crippen molar-refractivity contribution >= 4 is 23.2 Å². The molecule has 4 rings (SSSR count). The van der Waals surface area contributed by atoms with Gasteiger partial charge in [0, 0.05) is 17.3 Å². The third kappa shape index (κ3) is 4.41. The van der Waals surface area contributed by atoms with E-state index in [2.05, 4.69) is 5.32 Å². The molecule has 5 heteroatoms. The van der Waals surface area contributed by atoms with Crippen molar-refractivity contribution in [3.8, 4) is 17.2 Å². The first-order chi connectivity index (χ1) is 14.2. The zero-order chi connectivity index (χ0) is 20.1. The van der Waals surface area contributed by atoms with Crippen LogP contribution in [-0.2, 0) is 4.79 Å². The number of ether oxygens (including phenoxy) is 3. The van der Waals surface area contributed by atoms with Crippen LogP contribution >= 0.6 is 0 Å². The molecule has 1 N–H and O–H groups in total. The molecule has 0 spiro atoms. The fourth-order valence-corrected chi connectivity index (χ4v) is 3.08. The van der Waals surface area contributed by atoms with E-state index in [4.69, 9.17) is 14.2 Å². The fraction of sp³-hybridized carbons (Fsp3) is 0.125. The third-order valence-corrected chi connectivity index (χ3v) is 4.56. The quantitative estimate of drug-likeness (QED) is 0.512. The van der Waals surface area contributed by atoms with Crippen LogP contribution in [0.15, 0.2) is 72.8 Å². The van der Waals surface area contributed by atoms with Crippen molar-refractivity contribution in [1.29, 1.82) is 0 Å². The maximum absolute atomic E-state index is 13.1. The zero-order valence-corrected chi connectivity index (χ0v) is 16.1. The minimum absolute atomic E-state index is 0.205. The van der Waals surface area contributed by atoms with Gasteiger partial charge in [0.1, 0.15) is 19.0 Å². The van der Waals surface area contributed by atoms with E-state index in [1.165, 1.54) is 0 Å². The number of rotatable bonds is 5. The Balaban J connectivity index is 1.63. The van der Waals surface area contributed by atoms with Gasteiger partial charge in [-0.05, 0) is 41.5 Å². The summed E-state index contributed by atoms with van der Waals surface area (Å²) in [5.74, 6) is 1.88. The van der Waals surface area contributed by atoms with Crippen molar-refractivity contribution in [3.05, 3.63) is 83.9 Å². The molecule has 1 heterocycles. The van der Waals surface area contributed by atoms with Crippen LogP contribution in [0.4, 0.5) is 5.69 Å². The summed E-state index contributed by atoms with van der Waals surface area (Å²) in [7, 11) is 1.63. The highest BCUT2D eigenvalue weighted by Crippen LogP contribution is 2.33. The third-order valence-electron chi connectivity index (χ3n) is 4.56. The maximum Gasteiger partial charge on any atom is 0.256 e. The second kappa shape index (κ2) is 8.52. The van der Waals surface area contributed by atoms with Crippen LogP contribution in [0.25, 0.3) is 11.6 Å². The Hall–Kier alpha value is -3.73. The van der Waals surface area contributed by atoms with Crippen LogP contribution in [0.2, 0.25) is 0 Å². The lowest BCUT2D eigenvalue weighted by Crippen LogP contribution is -2.17. The average Bonchev–Trinajstić information content (AvgIpc) is 2.78. The Labute approximate surface area is 169 Å². The Kier molecular flexibility index (Phi) is 5.47. The van der Waals surface area contributed by atoms with Crippen molar-refractivity contribution in [2.75, 3.05) is 25.6 Å². The molecule has 0 atom stereocenters. The molecule has 0 radical (unpaired) electrons. The molecule has 3 aromatic rings. The number of nitrogens with one attached hydrogen (secondary N) is 1. The molecule has 29 heavy (non-hydrogen) atoms. The summed E-state index contributed by atoms with van der Waals surface area (Å²) in [6.07, 6.45) is 1.86. The van der Waals surface area contributed by atoms with Gasteiger partial charge < -0.3 is 19.5 Å². The van der Waals surface area contributed by atoms with Crippen LogP contribution in [0, 0.1) is 0 Å². The normalized spacial score (nSPS) is 12.9. The first-order valence-corrected chi connectivity index (χ1v) is 9.35. The number of benzene rings is 3. The molecule has 1 aliphatic heterocycles. The molecule has 0 aromatic heterocycles. The second-order valence-corrected chi connectivity index (χ2v) is 6.51. The highest BCUT2D eigenvalue weighted by Gasteiger charge is 2.16. The minimum Gasteiger partial charge on any atom is -0.497 e. The van der Waals surface area contributed by atoms with Gasteiger partial charge in [0.2, 0.25) is 0 Å². The molecule has 5 nitrogen and oxygen atoms in total. The fourth-order valence-electron chi connectivity index (χ4n) is 3.08. The van der Waals surface area contributed by atoms with E-state index in [0.717, 1.165) is 16.9 Å². The lowest BCUT2D eigenvalue weighted by Gasteiger charge is -2.19. The number of carbonyl (C=O) groups excluding carboxylic acids is 1. The lowest BCUT2D eigenvalue weighted by molar-refractivity contribution is -0.111. The molecule has 0 fully saturated rings. The van der Waals surface area contributed by atoms with Crippen LogP contribution < -0.4 is 19.5 Å². The number of hydrogen-bond acceptors (Lipinski definition) is 4. The maximum atomic E-state index is 13.1. The molecule has 1 amide bonds. The lowest BCUT2D eigenvalue weighted by atomic mass is 10.0. The van der Waals surface area contributed by atoms with Crippen molar-refractivity contribution in [3.63, 3.8) is 0 Å². The van der Waals surface area contributed by atoms with Crippen molar-refractivity contribution in [1.82, 2.24) is 0 Å². The predicted octanol–water partition coefficient (Wildman–Crippen LogP) is 4.65. The van der Waals surface area contributed by atoms with Crippen molar-refractivity contribution < 1.29 is 19.0 Å². The molecule has 0 unspecified atom stereocenters. The monoisotopic (exact) mass is 387 g/mol. The SMILES string of the molecule is COc1ccc(/C=C(/C(=O)Nc2ccc3c(c2)OCCO3)c2ccccc2)cc1. The van der Waals surface area contributed by atoms with Crippen LogP contribution in [-0.4, -0.2) is 26.2 Å². The highest BCUT2D eigenvalue weighted by atomic mass is 16.6. The van der Waals surface area contributed by atoms with Crippen molar-refractivity contribution in [2.24, 2.45) is 0 Å². The molecule has 0 aliphatic carbocycles. The number of methoxy groups -OCH3 is 1. The summed E-state index contributed by atoms with van der Waals surface area (Å²) < 4.78 is 16.4. The van der Waals surface area contributed by atoms with Gasteiger partial charge in [-0.25, -0.2) is 0 Å². The topological polar surface area (TPSA) is 56.8 Å². The predicted molar refractivity (Wildman–Crippen MR) is 113 cm³/mol. The Morgan fingerprint density at radius 3 is 2.38 bits per heavy atom. The van der Waals surface area contributed by atoms with E-state index in [1.54, 1.807) is 25.3 Å². The van der Waals surface area contributed by atoms with Gasteiger partial charge in [0.05, 0.1) is 7.11 Å². The summed E-state index contributed by atoms with van der Waals surface area (Å²) >= 11 is 0. The average molecular weight is 387 g/mol. The molecule has 0 saturated heterocycles. The number of carbonyl (C=O) groups is 1. The van der Waals surface area contributed by atoms with Gasteiger partial charge in [-0.15, -0.1) is 0 Å². The molecular formula is C24H21NO4. The van der Waals surface area contributed by atoms with Gasteiger partial charge >= 0.3 is 0 Å². The summed E-state index contributed by atoms with van der Waals surface area (Å²) in [4.78, 5) is 13.1. The van der Waals surface area contributed by atoms with Gasteiger partial charge in [0.25, 0.3) is 5.91 Å². The number of hydrogen-bond donors (Lipinski definition) is 1. The van der Waals surface area contributed by atoms with E-state index in [1.807, 2.05) is 60.7 Å². The zero-order valence-electron chi connectivity index (χ0n) is 16.1. The van der Waals surface area contributed by atoms with Gasteiger partial charge in [0.15, 0.2) is 11.5 Å². The summed E-state index contributed by atoms with van der Waals surface area (Å²) in [6, 6.07) is 22.5. The molecular weight excluding hydrogens is 366 g/mol. The van der Waals surface area contributed by atoms with Gasteiger partial charge in [-0.1, -0.05) is 42.5 Å². The van der Waals surface area contributed by atoms with Gasteiger partial charge in [-0.2, -0.15) is 0 Å². The molecule has 1 aliphatic rings. The van der Waals surface area contributed by atoms with E-state index in [9.17, 15) is 4.79 Å². The number of fused-ring (bicyclic) bond motifs is 1. The smallest absolute Gasteiger partial charge is 0.256 e. The standard InChI is InChI=1S/C24H21NO4/c1-27-20-10-7-17(8-11-20)15-21(18-5-3-2-4-6-18)24(26)25-19-9-12-22-23(16-19)29-14-13-28-22/h2-12,15-16H,13-14H2,1H3,(H,25,26)/b21-15+. The van der Waals surface area contributed by atoms with Gasteiger partial charge in [-0.3, -0.25) is 4.79 Å². The molecule has 3 aromatic carbocycles. The Bertz CT molecular complexity index is 1030. The van der Waals surface area contributed by atoms with Crippen LogP contribution in [0.3, 0.4) is 0 Å². The summed E-state index contributed by atoms with van der Waals surface area (Å²) in [5.41, 5.74) is 2.95. The molecule has 0 bridgehead atoms. The number of amides is 1. The Morgan fingerprint density at radius 2 is 1.66 bits per heavy atom. The summed E-state index contributed by atoms with van der Waals surface area (Å²) in [5, 5.41) is 2.97. The second-order valence-electron chi connectivity index (χ2n) is 6.51. The van der Waals surface area contributed by atoms with E-state index in [-0.39, 0.29) is 5.91 Å². The molecule has 0 saturated carbocycles. The van der Waals surface area contributed by atoms with Crippen molar-refractivity contribution in [2.45, 2.75) is 0 Å².